The minimum atomic E-state index is 0.719. The highest BCUT2D eigenvalue weighted by Gasteiger charge is 2.29. The van der Waals surface area contributed by atoms with Crippen molar-refractivity contribution in [3.8, 4) is 0 Å². The molecule has 1 rings (SSSR count). The molecule has 0 bridgehead atoms. The molecule has 1 aliphatic heterocycles. The first-order chi connectivity index (χ1) is 7.54. The monoisotopic (exact) mass is 227 g/mol. The third-order valence-electron chi connectivity index (χ3n) is 3.60. The van der Waals surface area contributed by atoms with Gasteiger partial charge in [0.1, 0.15) is 0 Å². The Morgan fingerprint density at radius 1 is 1.38 bits per heavy atom. The highest BCUT2D eigenvalue weighted by atomic mass is 15.2. The number of likely N-dealkylation sites (N-methyl/N-ethyl adjacent to an activating group) is 1. The van der Waals surface area contributed by atoms with Crippen LogP contribution < -0.4 is 5.32 Å². The third kappa shape index (κ3) is 4.04. The minimum absolute atomic E-state index is 0.719. The molecule has 1 N–H and O–H groups in total. The van der Waals surface area contributed by atoms with Gasteiger partial charge in [-0.05, 0) is 52.5 Å². The lowest BCUT2D eigenvalue weighted by molar-refractivity contribution is 0.148. The Hall–Kier alpha value is -0.120. The summed E-state index contributed by atoms with van der Waals surface area (Å²) in [6.07, 6.45) is 1.36. The predicted molar refractivity (Wildman–Crippen MR) is 70.8 cm³/mol. The third-order valence-corrected chi connectivity index (χ3v) is 3.60. The van der Waals surface area contributed by atoms with E-state index in [0.717, 1.165) is 17.9 Å². The Bertz CT molecular complexity index is 192. The fourth-order valence-electron chi connectivity index (χ4n) is 2.74. The molecule has 1 aliphatic rings. The van der Waals surface area contributed by atoms with Crippen LogP contribution in [-0.4, -0.2) is 63.2 Å². The Morgan fingerprint density at radius 2 is 2.06 bits per heavy atom. The first-order valence-corrected chi connectivity index (χ1v) is 6.58. The Labute approximate surface area is 101 Å². The number of likely N-dealkylation sites (tertiary alicyclic amines) is 1. The first kappa shape index (κ1) is 13.9. The maximum Gasteiger partial charge on any atom is 0.0246 e. The molecule has 0 aromatic heterocycles. The molecule has 0 aromatic carbocycles. The van der Waals surface area contributed by atoms with Gasteiger partial charge in [-0.15, -0.1) is 0 Å². The van der Waals surface area contributed by atoms with Crippen molar-refractivity contribution in [1.82, 2.24) is 15.1 Å². The van der Waals surface area contributed by atoms with Crippen LogP contribution in [0.2, 0.25) is 0 Å². The Morgan fingerprint density at radius 3 is 2.56 bits per heavy atom. The van der Waals surface area contributed by atoms with Crippen molar-refractivity contribution in [1.29, 1.82) is 0 Å². The van der Waals surface area contributed by atoms with Crippen LogP contribution in [0.25, 0.3) is 0 Å². The van der Waals surface area contributed by atoms with Crippen LogP contribution in [0.1, 0.15) is 20.3 Å². The smallest absolute Gasteiger partial charge is 0.0246 e. The Balaban J connectivity index is 2.47. The lowest BCUT2D eigenvalue weighted by atomic mass is 10.0. The maximum atomic E-state index is 3.30. The molecular weight excluding hydrogens is 198 g/mol. The zero-order valence-electron chi connectivity index (χ0n) is 11.7. The predicted octanol–water partition coefficient (Wildman–Crippen LogP) is 1.11. The highest BCUT2D eigenvalue weighted by molar-refractivity contribution is 4.85. The van der Waals surface area contributed by atoms with E-state index < -0.39 is 0 Å². The van der Waals surface area contributed by atoms with Crippen LogP contribution in [0, 0.1) is 11.8 Å². The lowest BCUT2D eigenvalue weighted by Crippen LogP contribution is -2.44. The van der Waals surface area contributed by atoms with E-state index in [1.165, 1.54) is 32.6 Å². The number of rotatable bonds is 6. The van der Waals surface area contributed by atoms with Gasteiger partial charge in [-0.2, -0.15) is 0 Å². The molecular formula is C13H29N3. The zero-order valence-corrected chi connectivity index (χ0v) is 11.7. The van der Waals surface area contributed by atoms with Gasteiger partial charge in [0, 0.05) is 19.1 Å². The normalized spacial score (nSPS) is 24.6. The summed E-state index contributed by atoms with van der Waals surface area (Å²) in [5.74, 6) is 1.60. The lowest BCUT2D eigenvalue weighted by Gasteiger charge is -2.33. The summed E-state index contributed by atoms with van der Waals surface area (Å²) in [6, 6.07) is 0.719. The fourth-order valence-corrected chi connectivity index (χ4v) is 2.74. The molecule has 0 radical (unpaired) electrons. The van der Waals surface area contributed by atoms with E-state index in [-0.39, 0.29) is 0 Å². The van der Waals surface area contributed by atoms with Crippen LogP contribution in [0.5, 0.6) is 0 Å². The van der Waals surface area contributed by atoms with E-state index >= 15 is 0 Å². The highest BCUT2D eigenvalue weighted by Crippen LogP contribution is 2.22. The molecule has 0 amide bonds. The SMILES string of the molecule is CNCC1CCN(C(CN(C)C)C(C)C)C1. The fraction of sp³-hybridized carbons (Fsp3) is 1.00. The molecule has 0 aromatic rings. The summed E-state index contributed by atoms with van der Waals surface area (Å²) in [5.41, 5.74) is 0. The van der Waals surface area contributed by atoms with Gasteiger partial charge in [0.2, 0.25) is 0 Å². The standard InChI is InChI=1S/C13H29N3/c1-11(2)13(10-15(4)5)16-7-6-12(9-16)8-14-3/h11-14H,6-10H2,1-5H3. The quantitative estimate of drug-likeness (QED) is 0.733. The van der Waals surface area contributed by atoms with E-state index in [1.54, 1.807) is 0 Å². The molecule has 1 heterocycles. The Kier molecular flexibility index (Phi) is 5.73. The molecule has 0 saturated carbocycles. The van der Waals surface area contributed by atoms with E-state index in [0.29, 0.717) is 0 Å². The summed E-state index contributed by atoms with van der Waals surface area (Å²) < 4.78 is 0. The van der Waals surface area contributed by atoms with Gasteiger partial charge in [-0.3, -0.25) is 4.90 Å². The first-order valence-electron chi connectivity index (χ1n) is 6.58. The van der Waals surface area contributed by atoms with Crippen molar-refractivity contribution in [3.05, 3.63) is 0 Å². The van der Waals surface area contributed by atoms with Crippen LogP contribution >= 0.6 is 0 Å². The number of nitrogens with one attached hydrogen (secondary N) is 1. The molecule has 0 aliphatic carbocycles. The number of hydrogen-bond acceptors (Lipinski definition) is 3. The van der Waals surface area contributed by atoms with E-state index in [1.807, 2.05) is 0 Å². The number of hydrogen-bond donors (Lipinski definition) is 1. The second-order valence-corrected chi connectivity index (χ2v) is 5.78. The van der Waals surface area contributed by atoms with Gasteiger partial charge in [0.05, 0.1) is 0 Å². The molecule has 3 heteroatoms. The molecule has 96 valence electrons. The molecule has 3 nitrogen and oxygen atoms in total. The molecule has 16 heavy (non-hydrogen) atoms. The summed E-state index contributed by atoms with van der Waals surface area (Å²) in [7, 11) is 6.41. The average molecular weight is 227 g/mol. The zero-order chi connectivity index (χ0) is 12.1. The van der Waals surface area contributed by atoms with Crippen LogP contribution in [0.3, 0.4) is 0 Å². The van der Waals surface area contributed by atoms with Crippen molar-refractivity contribution in [3.63, 3.8) is 0 Å². The summed E-state index contributed by atoms with van der Waals surface area (Å²) in [4.78, 5) is 5.00. The molecule has 0 spiro atoms. The van der Waals surface area contributed by atoms with Crippen LogP contribution in [0.15, 0.2) is 0 Å². The molecule has 2 unspecified atom stereocenters. The van der Waals surface area contributed by atoms with Gasteiger partial charge in [-0.1, -0.05) is 13.8 Å². The van der Waals surface area contributed by atoms with Gasteiger partial charge < -0.3 is 10.2 Å². The average Bonchev–Trinajstić information content (AvgIpc) is 2.62. The van der Waals surface area contributed by atoms with E-state index in [9.17, 15) is 0 Å². The molecule has 2 atom stereocenters. The van der Waals surface area contributed by atoms with Crippen molar-refractivity contribution < 1.29 is 0 Å². The van der Waals surface area contributed by atoms with Gasteiger partial charge >= 0.3 is 0 Å². The van der Waals surface area contributed by atoms with Crippen molar-refractivity contribution in [2.45, 2.75) is 26.3 Å². The minimum Gasteiger partial charge on any atom is -0.319 e. The maximum absolute atomic E-state index is 3.30. The topological polar surface area (TPSA) is 18.5 Å². The second kappa shape index (κ2) is 6.58. The summed E-state index contributed by atoms with van der Waals surface area (Å²) in [5, 5.41) is 3.30. The second-order valence-electron chi connectivity index (χ2n) is 5.78. The van der Waals surface area contributed by atoms with E-state index in [2.05, 4.69) is 50.1 Å². The van der Waals surface area contributed by atoms with Crippen molar-refractivity contribution >= 4 is 0 Å². The molecule has 1 saturated heterocycles. The van der Waals surface area contributed by atoms with Gasteiger partial charge in [0.15, 0.2) is 0 Å². The largest absolute Gasteiger partial charge is 0.319 e. The van der Waals surface area contributed by atoms with Crippen LogP contribution in [0.4, 0.5) is 0 Å². The van der Waals surface area contributed by atoms with E-state index in [4.69, 9.17) is 0 Å². The van der Waals surface area contributed by atoms with Gasteiger partial charge in [0.25, 0.3) is 0 Å². The van der Waals surface area contributed by atoms with Crippen molar-refractivity contribution in [2.75, 3.05) is 47.3 Å². The summed E-state index contributed by atoms with van der Waals surface area (Å²) in [6.45, 7) is 9.60. The number of nitrogens with zero attached hydrogens (tertiary/aromatic N) is 2. The summed E-state index contributed by atoms with van der Waals surface area (Å²) >= 11 is 0. The van der Waals surface area contributed by atoms with Gasteiger partial charge in [-0.25, -0.2) is 0 Å². The molecule has 1 fully saturated rings. The van der Waals surface area contributed by atoms with Crippen LogP contribution in [-0.2, 0) is 0 Å². The van der Waals surface area contributed by atoms with Crippen molar-refractivity contribution in [2.24, 2.45) is 11.8 Å².